The average Bonchev–Trinajstić information content (AvgIpc) is 2.06. The second-order valence-corrected chi connectivity index (χ2v) is 4.21. The Hall–Kier alpha value is -1.22. The molecular weight excluding hydrogens is 178 g/mol. The maximum atomic E-state index is 9.26. The number of nitrogens with two attached hydrogens (primary N) is 1. The molecule has 3 heteroatoms. The van der Waals surface area contributed by atoms with Gasteiger partial charge in [0, 0.05) is 12.1 Å². The Bertz CT molecular complexity index is 316. The standard InChI is InChI=1S/C11H17NO2/c1-11(2,3)14-10-5-4-9(13)6-8(10)7-12/h4-6,13H,7,12H2,1-3H3. The first-order valence-electron chi connectivity index (χ1n) is 4.63. The number of benzene rings is 1. The third kappa shape index (κ3) is 2.92. The number of phenols is 1. The molecule has 0 heterocycles. The lowest BCUT2D eigenvalue weighted by molar-refractivity contribution is 0.129. The van der Waals surface area contributed by atoms with Gasteiger partial charge in [0.05, 0.1) is 0 Å². The van der Waals surface area contributed by atoms with Gasteiger partial charge in [-0.25, -0.2) is 0 Å². The van der Waals surface area contributed by atoms with Gasteiger partial charge in [-0.05, 0) is 39.0 Å². The molecule has 0 unspecified atom stereocenters. The molecule has 0 aliphatic rings. The lowest BCUT2D eigenvalue weighted by Crippen LogP contribution is -2.23. The van der Waals surface area contributed by atoms with Gasteiger partial charge in [0.25, 0.3) is 0 Å². The van der Waals surface area contributed by atoms with Gasteiger partial charge < -0.3 is 15.6 Å². The van der Waals surface area contributed by atoms with Crippen LogP contribution in [0.15, 0.2) is 18.2 Å². The second kappa shape index (κ2) is 3.88. The zero-order valence-corrected chi connectivity index (χ0v) is 8.87. The van der Waals surface area contributed by atoms with Crippen LogP contribution in [0.25, 0.3) is 0 Å². The van der Waals surface area contributed by atoms with Crippen molar-refractivity contribution in [2.24, 2.45) is 5.73 Å². The van der Waals surface area contributed by atoms with Crippen LogP contribution in [0.2, 0.25) is 0 Å². The SMILES string of the molecule is CC(C)(C)Oc1ccc(O)cc1CN. The molecule has 14 heavy (non-hydrogen) atoms. The maximum absolute atomic E-state index is 9.26. The van der Waals surface area contributed by atoms with Crippen molar-refractivity contribution in [2.45, 2.75) is 32.9 Å². The summed E-state index contributed by atoms with van der Waals surface area (Å²) >= 11 is 0. The summed E-state index contributed by atoms with van der Waals surface area (Å²) in [4.78, 5) is 0. The molecular formula is C11H17NO2. The van der Waals surface area contributed by atoms with E-state index in [-0.39, 0.29) is 11.4 Å². The maximum Gasteiger partial charge on any atom is 0.124 e. The highest BCUT2D eigenvalue weighted by Gasteiger charge is 2.14. The summed E-state index contributed by atoms with van der Waals surface area (Å²) in [6.45, 7) is 6.28. The third-order valence-electron chi connectivity index (χ3n) is 1.68. The molecule has 0 aromatic heterocycles. The molecule has 78 valence electrons. The molecule has 0 fully saturated rings. The fourth-order valence-electron chi connectivity index (χ4n) is 1.15. The quantitative estimate of drug-likeness (QED) is 0.759. The first-order chi connectivity index (χ1) is 6.42. The van der Waals surface area contributed by atoms with E-state index in [0.717, 1.165) is 11.3 Å². The van der Waals surface area contributed by atoms with E-state index in [4.69, 9.17) is 10.5 Å². The van der Waals surface area contributed by atoms with Crippen molar-refractivity contribution in [1.82, 2.24) is 0 Å². The molecule has 0 aliphatic carbocycles. The van der Waals surface area contributed by atoms with E-state index >= 15 is 0 Å². The second-order valence-electron chi connectivity index (χ2n) is 4.21. The summed E-state index contributed by atoms with van der Waals surface area (Å²) in [6, 6.07) is 4.96. The minimum absolute atomic E-state index is 0.215. The summed E-state index contributed by atoms with van der Waals surface area (Å²) < 4.78 is 5.69. The Labute approximate surface area is 84.5 Å². The summed E-state index contributed by atoms with van der Waals surface area (Å²) in [5, 5.41) is 9.26. The van der Waals surface area contributed by atoms with Crippen LogP contribution in [0, 0.1) is 0 Å². The van der Waals surface area contributed by atoms with Crippen molar-refractivity contribution in [2.75, 3.05) is 0 Å². The molecule has 0 radical (unpaired) electrons. The predicted molar refractivity (Wildman–Crippen MR) is 56.4 cm³/mol. The molecule has 3 nitrogen and oxygen atoms in total. The number of aromatic hydroxyl groups is 1. The van der Waals surface area contributed by atoms with Gasteiger partial charge in [-0.15, -0.1) is 0 Å². The molecule has 1 aromatic rings. The van der Waals surface area contributed by atoms with Crippen molar-refractivity contribution < 1.29 is 9.84 Å². The minimum Gasteiger partial charge on any atom is -0.508 e. The molecule has 0 saturated heterocycles. The number of hydrogen-bond donors (Lipinski definition) is 2. The topological polar surface area (TPSA) is 55.5 Å². The van der Waals surface area contributed by atoms with Crippen LogP contribution in [0.5, 0.6) is 11.5 Å². The zero-order chi connectivity index (χ0) is 10.8. The Kier molecular flexibility index (Phi) is 3.01. The highest BCUT2D eigenvalue weighted by atomic mass is 16.5. The van der Waals surface area contributed by atoms with Crippen molar-refractivity contribution in [3.05, 3.63) is 23.8 Å². The van der Waals surface area contributed by atoms with Crippen molar-refractivity contribution in [1.29, 1.82) is 0 Å². The van der Waals surface area contributed by atoms with Crippen LogP contribution in [-0.4, -0.2) is 10.7 Å². The monoisotopic (exact) mass is 195 g/mol. The predicted octanol–water partition coefficient (Wildman–Crippen LogP) is 2.03. The fourth-order valence-corrected chi connectivity index (χ4v) is 1.15. The number of phenolic OH excluding ortho intramolecular Hbond substituents is 1. The van der Waals surface area contributed by atoms with Crippen LogP contribution >= 0.6 is 0 Å². The lowest BCUT2D eigenvalue weighted by atomic mass is 10.1. The summed E-state index contributed by atoms with van der Waals surface area (Å²) in [5.74, 6) is 0.949. The van der Waals surface area contributed by atoms with Gasteiger partial charge >= 0.3 is 0 Å². The van der Waals surface area contributed by atoms with Gasteiger partial charge in [0.2, 0.25) is 0 Å². The summed E-state index contributed by atoms with van der Waals surface area (Å²) in [7, 11) is 0. The molecule has 0 saturated carbocycles. The Morgan fingerprint density at radius 2 is 2.00 bits per heavy atom. The average molecular weight is 195 g/mol. The summed E-state index contributed by atoms with van der Waals surface area (Å²) in [5.41, 5.74) is 6.12. The van der Waals surface area contributed by atoms with Crippen molar-refractivity contribution in [3.8, 4) is 11.5 Å². The van der Waals surface area contributed by atoms with Crippen LogP contribution in [0.4, 0.5) is 0 Å². The van der Waals surface area contributed by atoms with E-state index in [9.17, 15) is 5.11 Å². The molecule has 0 aliphatic heterocycles. The van der Waals surface area contributed by atoms with Gasteiger partial charge in [-0.1, -0.05) is 0 Å². The molecule has 0 atom stereocenters. The van der Waals surface area contributed by atoms with Crippen LogP contribution in [-0.2, 0) is 6.54 Å². The van der Waals surface area contributed by atoms with Crippen molar-refractivity contribution in [3.63, 3.8) is 0 Å². The van der Waals surface area contributed by atoms with E-state index in [1.54, 1.807) is 18.2 Å². The molecule has 0 bridgehead atoms. The molecule has 1 rings (SSSR count). The van der Waals surface area contributed by atoms with E-state index < -0.39 is 0 Å². The van der Waals surface area contributed by atoms with Crippen LogP contribution < -0.4 is 10.5 Å². The number of rotatable bonds is 2. The smallest absolute Gasteiger partial charge is 0.124 e. The van der Waals surface area contributed by atoms with Gasteiger partial charge in [0.15, 0.2) is 0 Å². The molecule has 0 spiro atoms. The molecule has 3 N–H and O–H groups in total. The van der Waals surface area contributed by atoms with Crippen LogP contribution in [0.3, 0.4) is 0 Å². The van der Waals surface area contributed by atoms with E-state index in [0.29, 0.717) is 6.54 Å². The minimum atomic E-state index is -0.249. The van der Waals surface area contributed by atoms with Crippen molar-refractivity contribution >= 4 is 0 Å². The summed E-state index contributed by atoms with van der Waals surface area (Å²) in [6.07, 6.45) is 0. The van der Waals surface area contributed by atoms with E-state index in [1.165, 1.54) is 0 Å². The highest BCUT2D eigenvalue weighted by molar-refractivity contribution is 5.39. The van der Waals surface area contributed by atoms with E-state index in [1.807, 2.05) is 20.8 Å². The Balaban J connectivity index is 2.97. The number of ether oxygens (including phenoxy) is 1. The molecule has 0 amide bonds. The zero-order valence-electron chi connectivity index (χ0n) is 8.87. The first kappa shape index (κ1) is 10.9. The Morgan fingerprint density at radius 1 is 1.36 bits per heavy atom. The van der Waals surface area contributed by atoms with E-state index in [2.05, 4.69) is 0 Å². The normalized spacial score (nSPS) is 11.4. The Morgan fingerprint density at radius 3 is 2.50 bits per heavy atom. The largest absolute Gasteiger partial charge is 0.508 e. The lowest BCUT2D eigenvalue weighted by Gasteiger charge is -2.23. The fraction of sp³-hybridized carbons (Fsp3) is 0.455. The first-order valence-corrected chi connectivity index (χ1v) is 4.63. The molecule has 1 aromatic carbocycles. The highest BCUT2D eigenvalue weighted by Crippen LogP contribution is 2.26. The van der Waals surface area contributed by atoms with Crippen LogP contribution in [0.1, 0.15) is 26.3 Å². The number of hydrogen-bond acceptors (Lipinski definition) is 3. The third-order valence-corrected chi connectivity index (χ3v) is 1.68. The van der Waals surface area contributed by atoms with Gasteiger partial charge in [-0.2, -0.15) is 0 Å². The van der Waals surface area contributed by atoms with Gasteiger partial charge in [0.1, 0.15) is 17.1 Å². The van der Waals surface area contributed by atoms with Gasteiger partial charge in [-0.3, -0.25) is 0 Å².